The molecule has 5 N–H and O–H groups in total. The third-order valence-corrected chi connectivity index (χ3v) is 2.40. The van der Waals surface area contributed by atoms with Crippen LogP contribution in [0, 0.1) is 0 Å². The van der Waals surface area contributed by atoms with Crippen molar-refractivity contribution in [2.75, 3.05) is 20.6 Å². The molecule has 3 amide bonds. The van der Waals surface area contributed by atoms with Crippen molar-refractivity contribution in [3.8, 4) is 0 Å². The van der Waals surface area contributed by atoms with E-state index in [-0.39, 0.29) is 6.04 Å². The highest BCUT2D eigenvalue weighted by Gasteiger charge is 2.22. The van der Waals surface area contributed by atoms with Gasteiger partial charge in [-0.15, -0.1) is 0 Å². The molecule has 0 saturated heterocycles. The molecule has 19 heavy (non-hydrogen) atoms. The van der Waals surface area contributed by atoms with Crippen LogP contribution in [0.15, 0.2) is 0 Å². The second kappa shape index (κ2) is 8.30. The number of carboxylic acid groups (broad SMARTS) is 1. The standard InChI is InChI=1S/C11H22N4O4/c1-7(4-5-15(2)3)13-11(19)14-8(10(17)18)6-9(12)16/h7-8H,4-6H2,1-3H3,(H2,12,16)(H,17,18)(H2,13,14,19)/t7?,8-/m0/s1. The Hall–Kier alpha value is -1.83. The summed E-state index contributed by atoms with van der Waals surface area (Å²) in [4.78, 5) is 35.0. The minimum absolute atomic E-state index is 0.106. The van der Waals surface area contributed by atoms with E-state index in [1.54, 1.807) is 0 Å². The Kier molecular flexibility index (Phi) is 7.50. The zero-order valence-electron chi connectivity index (χ0n) is 11.5. The van der Waals surface area contributed by atoms with E-state index in [9.17, 15) is 14.4 Å². The maximum Gasteiger partial charge on any atom is 0.326 e. The first-order chi connectivity index (χ1) is 8.72. The Balaban J connectivity index is 4.18. The van der Waals surface area contributed by atoms with Crippen molar-refractivity contribution in [2.24, 2.45) is 5.73 Å². The van der Waals surface area contributed by atoms with Gasteiger partial charge in [0.05, 0.1) is 6.42 Å². The molecular weight excluding hydrogens is 252 g/mol. The lowest BCUT2D eigenvalue weighted by Crippen LogP contribution is -2.50. The second-order valence-corrected chi connectivity index (χ2v) is 4.67. The van der Waals surface area contributed by atoms with Crippen LogP contribution in [0.2, 0.25) is 0 Å². The molecule has 0 aromatic carbocycles. The lowest BCUT2D eigenvalue weighted by Gasteiger charge is -2.19. The molecule has 0 radical (unpaired) electrons. The van der Waals surface area contributed by atoms with Crippen molar-refractivity contribution in [2.45, 2.75) is 31.8 Å². The molecule has 0 saturated carbocycles. The summed E-state index contributed by atoms with van der Waals surface area (Å²) in [6.45, 7) is 2.61. The smallest absolute Gasteiger partial charge is 0.326 e. The zero-order chi connectivity index (χ0) is 15.0. The molecule has 2 atom stereocenters. The van der Waals surface area contributed by atoms with Gasteiger partial charge < -0.3 is 26.4 Å². The van der Waals surface area contributed by atoms with Crippen molar-refractivity contribution in [1.82, 2.24) is 15.5 Å². The summed E-state index contributed by atoms with van der Waals surface area (Å²) in [5.74, 6) is -2.08. The molecule has 1 unspecified atom stereocenters. The van der Waals surface area contributed by atoms with E-state index in [4.69, 9.17) is 10.8 Å². The average Bonchev–Trinajstić information content (AvgIpc) is 2.24. The van der Waals surface area contributed by atoms with Crippen LogP contribution in [0.3, 0.4) is 0 Å². The molecule has 0 spiro atoms. The van der Waals surface area contributed by atoms with Crippen LogP contribution in [0.1, 0.15) is 19.8 Å². The Morgan fingerprint density at radius 3 is 2.26 bits per heavy atom. The minimum atomic E-state index is -1.31. The number of hydrogen-bond acceptors (Lipinski definition) is 4. The van der Waals surface area contributed by atoms with Crippen molar-refractivity contribution in [3.05, 3.63) is 0 Å². The molecule has 8 heteroatoms. The lowest BCUT2D eigenvalue weighted by atomic mass is 10.2. The van der Waals surface area contributed by atoms with Gasteiger partial charge in [0.2, 0.25) is 5.91 Å². The molecule has 0 heterocycles. The van der Waals surface area contributed by atoms with Gasteiger partial charge in [-0.05, 0) is 34.0 Å². The van der Waals surface area contributed by atoms with Gasteiger partial charge in [0.25, 0.3) is 0 Å². The van der Waals surface area contributed by atoms with Crippen LogP contribution < -0.4 is 16.4 Å². The number of nitrogens with zero attached hydrogens (tertiary/aromatic N) is 1. The van der Waals surface area contributed by atoms with E-state index in [1.807, 2.05) is 25.9 Å². The Morgan fingerprint density at radius 2 is 1.84 bits per heavy atom. The molecule has 0 aromatic rings. The normalized spacial score (nSPS) is 13.7. The third-order valence-electron chi connectivity index (χ3n) is 2.40. The first kappa shape index (κ1) is 17.2. The number of nitrogens with one attached hydrogen (secondary N) is 2. The Bertz CT molecular complexity index is 333. The summed E-state index contributed by atoms with van der Waals surface area (Å²) in [6, 6.07) is -2.04. The molecule has 110 valence electrons. The van der Waals surface area contributed by atoms with Crippen LogP contribution in [-0.2, 0) is 9.59 Å². The number of hydrogen-bond donors (Lipinski definition) is 4. The number of urea groups is 1. The summed E-state index contributed by atoms with van der Waals surface area (Å²) in [7, 11) is 3.83. The zero-order valence-corrected chi connectivity index (χ0v) is 11.5. The fourth-order valence-corrected chi connectivity index (χ4v) is 1.35. The fourth-order valence-electron chi connectivity index (χ4n) is 1.35. The number of nitrogens with two attached hydrogens (primary N) is 1. The van der Waals surface area contributed by atoms with Gasteiger partial charge in [-0.2, -0.15) is 0 Å². The van der Waals surface area contributed by atoms with Crippen molar-refractivity contribution >= 4 is 17.9 Å². The highest BCUT2D eigenvalue weighted by atomic mass is 16.4. The van der Waals surface area contributed by atoms with E-state index >= 15 is 0 Å². The summed E-state index contributed by atoms with van der Waals surface area (Å²) in [5, 5.41) is 13.6. The first-order valence-electron chi connectivity index (χ1n) is 5.95. The van der Waals surface area contributed by atoms with Crippen molar-refractivity contribution in [3.63, 3.8) is 0 Å². The first-order valence-corrected chi connectivity index (χ1v) is 5.95. The Labute approximate surface area is 112 Å². The largest absolute Gasteiger partial charge is 0.480 e. The predicted molar refractivity (Wildman–Crippen MR) is 69.5 cm³/mol. The number of carbonyl (C=O) groups excluding carboxylic acids is 2. The van der Waals surface area contributed by atoms with Gasteiger partial charge in [-0.3, -0.25) is 4.79 Å². The summed E-state index contributed by atoms with van der Waals surface area (Å²) < 4.78 is 0. The maximum absolute atomic E-state index is 11.5. The molecule has 0 bridgehead atoms. The molecule has 8 nitrogen and oxygen atoms in total. The van der Waals surface area contributed by atoms with E-state index < -0.39 is 30.4 Å². The van der Waals surface area contributed by atoms with Gasteiger partial charge in [-0.25, -0.2) is 9.59 Å². The van der Waals surface area contributed by atoms with Crippen molar-refractivity contribution in [1.29, 1.82) is 0 Å². The summed E-state index contributed by atoms with van der Waals surface area (Å²) in [5.41, 5.74) is 4.91. The van der Waals surface area contributed by atoms with Crippen LogP contribution in [-0.4, -0.2) is 60.6 Å². The monoisotopic (exact) mass is 274 g/mol. The van der Waals surface area contributed by atoms with Crippen LogP contribution in [0.4, 0.5) is 4.79 Å². The molecule has 0 aliphatic rings. The predicted octanol–water partition coefficient (Wildman–Crippen LogP) is -1.05. The SMILES string of the molecule is CC(CCN(C)C)NC(=O)N[C@@H](CC(N)=O)C(=O)O. The molecule has 0 aromatic heterocycles. The van der Waals surface area contributed by atoms with Gasteiger partial charge in [-0.1, -0.05) is 0 Å². The van der Waals surface area contributed by atoms with Crippen LogP contribution in [0.5, 0.6) is 0 Å². The molecule has 0 aliphatic carbocycles. The number of carboxylic acids is 1. The van der Waals surface area contributed by atoms with E-state index in [0.717, 1.165) is 13.0 Å². The van der Waals surface area contributed by atoms with Gasteiger partial charge in [0.15, 0.2) is 0 Å². The number of carbonyl (C=O) groups is 3. The van der Waals surface area contributed by atoms with Crippen LogP contribution in [0.25, 0.3) is 0 Å². The molecule has 0 fully saturated rings. The van der Waals surface area contributed by atoms with Crippen molar-refractivity contribution < 1.29 is 19.5 Å². The topological polar surface area (TPSA) is 125 Å². The quantitative estimate of drug-likeness (QED) is 0.449. The highest BCUT2D eigenvalue weighted by Crippen LogP contribution is 1.95. The third kappa shape index (κ3) is 8.83. The van der Waals surface area contributed by atoms with E-state index in [2.05, 4.69) is 10.6 Å². The van der Waals surface area contributed by atoms with Gasteiger partial charge in [0.1, 0.15) is 6.04 Å². The van der Waals surface area contributed by atoms with Gasteiger partial charge in [0, 0.05) is 6.04 Å². The highest BCUT2D eigenvalue weighted by molar-refractivity contribution is 5.87. The fraction of sp³-hybridized carbons (Fsp3) is 0.727. The number of amides is 3. The molecule has 0 aliphatic heterocycles. The lowest BCUT2D eigenvalue weighted by molar-refractivity contribution is -0.140. The van der Waals surface area contributed by atoms with Gasteiger partial charge >= 0.3 is 12.0 Å². The summed E-state index contributed by atoms with van der Waals surface area (Å²) in [6.07, 6.45) is 0.294. The van der Waals surface area contributed by atoms with E-state index in [0.29, 0.717) is 0 Å². The maximum atomic E-state index is 11.5. The number of aliphatic carboxylic acids is 1. The number of primary amides is 1. The van der Waals surface area contributed by atoms with E-state index in [1.165, 1.54) is 0 Å². The molecular formula is C11H22N4O4. The number of rotatable bonds is 8. The average molecular weight is 274 g/mol. The molecule has 0 rings (SSSR count). The Morgan fingerprint density at radius 1 is 1.26 bits per heavy atom. The second-order valence-electron chi connectivity index (χ2n) is 4.67. The van der Waals surface area contributed by atoms with Crippen LogP contribution >= 0.6 is 0 Å². The summed E-state index contributed by atoms with van der Waals surface area (Å²) >= 11 is 0. The minimum Gasteiger partial charge on any atom is -0.480 e.